The summed E-state index contributed by atoms with van der Waals surface area (Å²) in [4.78, 5) is 0. The van der Waals surface area contributed by atoms with Gasteiger partial charge in [-0.15, -0.1) is 0 Å². The van der Waals surface area contributed by atoms with Gasteiger partial charge in [0, 0.05) is 6.42 Å². The summed E-state index contributed by atoms with van der Waals surface area (Å²) in [5, 5.41) is 8.72. The Morgan fingerprint density at radius 1 is 1.33 bits per heavy atom. The van der Waals surface area contributed by atoms with E-state index in [4.69, 9.17) is 18.1 Å². The van der Waals surface area contributed by atoms with Crippen LogP contribution in [-0.2, 0) is 10.1 Å². The van der Waals surface area contributed by atoms with Crippen LogP contribution in [0, 0.1) is 0 Å². The lowest BCUT2D eigenvalue weighted by atomic mass is 10.2. The topological polar surface area (TPSA) is 74.6 Å². The van der Waals surface area contributed by atoms with Crippen LogP contribution in [0.25, 0.3) is 0 Å². The van der Waals surface area contributed by atoms with E-state index in [-0.39, 0.29) is 0 Å². The second kappa shape index (κ2) is 5.17. The first kappa shape index (κ1) is 14.0. The van der Waals surface area contributed by atoms with E-state index in [9.17, 15) is 13.2 Å². The van der Waals surface area contributed by atoms with Gasteiger partial charge in [0.25, 0.3) is 0 Å². The van der Waals surface area contributed by atoms with Gasteiger partial charge in [0.1, 0.15) is 0 Å². The third-order valence-electron chi connectivity index (χ3n) is 1.28. The van der Waals surface area contributed by atoms with E-state index >= 15 is 0 Å². The Kier molecular flexibility index (Phi) is 4.82. The molecule has 0 saturated carbocycles. The Labute approximate surface area is 84.5 Å². The predicted molar refractivity (Wildman–Crippen MR) is 46.7 cm³/mol. The van der Waals surface area contributed by atoms with Crippen LogP contribution in [0.3, 0.4) is 0 Å². The molecule has 2 N–H and O–H groups in total. The number of aliphatic hydroxyl groups excluding tert-OH is 1. The molecule has 88 valence electrons. The molecular weight excluding hydrogens is 237 g/mol. The van der Waals surface area contributed by atoms with Crippen molar-refractivity contribution in [3.63, 3.8) is 0 Å². The fraction of sp³-hybridized carbons (Fsp3) is 0.429. The van der Waals surface area contributed by atoms with E-state index in [0.717, 1.165) is 12.8 Å². The van der Waals surface area contributed by atoms with Crippen molar-refractivity contribution < 1.29 is 31.2 Å². The van der Waals surface area contributed by atoms with Crippen LogP contribution in [0.15, 0.2) is 24.0 Å². The van der Waals surface area contributed by atoms with Crippen molar-refractivity contribution in [2.24, 2.45) is 0 Å². The van der Waals surface area contributed by atoms with Crippen molar-refractivity contribution in [1.82, 2.24) is 0 Å². The van der Waals surface area contributed by atoms with Crippen LogP contribution in [0.2, 0.25) is 0 Å². The third kappa shape index (κ3) is 6.13. The molecule has 0 spiro atoms. The molecule has 1 aliphatic rings. The molecule has 0 aromatic rings. The second-order valence-electron chi connectivity index (χ2n) is 2.55. The standard InChI is InChI=1S/C6H8O.CHF3O3S/c7-6-4-2-1-3-5-6;2-1(3,4)8(5,6)7/h1-2,4,7H,3,5H2;(H,5,6,7). The minimum atomic E-state index is -5.84. The average Bonchev–Trinajstić information content (AvgIpc) is 2.02. The molecule has 1 rings (SSSR count). The van der Waals surface area contributed by atoms with Gasteiger partial charge in [-0.25, -0.2) is 0 Å². The maximum absolute atomic E-state index is 10.7. The summed E-state index contributed by atoms with van der Waals surface area (Å²) in [6.07, 6.45) is 7.45. The summed E-state index contributed by atoms with van der Waals surface area (Å²) in [7, 11) is -5.84. The van der Waals surface area contributed by atoms with E-state index in [2.05, 4.69) is 0 Å². The van der Waals surface area contributed by atoms with Gasteiger partial charge in [0.15, 0.2) is 0 Å². The van der Waals surface area contributed by atoms with Crippen molar-refractivity contribution >= 4 is 10.1 Å². The Morgan fingerprint density at radius 3 is 1.93 bits per heavy atom. The fourth-order valence-electron chi connectivity index (χ4n) is 0.590. The highest BCUT2D eigenvalue weighted by molar-refractivity contribution is 7.86. The van der Waals surface area contributed by atoms with Crippen molar-refractivity contribution in [3.8, 4) is 0 Å². The lowest BCUT2D eigenvalue weighted by Gasteiger charge is -1.97. The number of alkyl halides is 3. The van der Waals surface area contributed by atoms with Gasteiger partial charge in [0.05, 0.1) is 5.76 Å². The Balaban J connectivity index is 0.000000262. The summed E-state index contributed by atoms with van der Waals surface area (Å²) in [5.74, 6) is 0.502. The minimum absolute atomic E-state index is 0.502. The van der Waals surface area contributed by atoms with Gasteiger partial charge in [-0.2, -0.15) is 21.6 Å². The normalized spacial score (nSPS) is 16.4. The number of halogens is 3. The molecule has 0 saturated heterocycles. The van der Waals surface area contributed by atoms with Crippen LogP contribution in [0.5, 0.6) is 0 Å². The Hall–Kier alpha value is -1.02. The monoisotopic (exact) mass is 246 g/mol. The van der Waals surface area contributed by atoms with Gasteiger partial charge >= 0.3 is 15.6 Å². The van der Waals surface area contributed by atoms with E-state index in [1.807, 2.05) is 12.2 Å². The van der Waals surface area contributed by atoms with Crippen molar-refractivity contribution in [1.29, 1.82) is 0 Å². The van der Waals surface area contributed by atoms with Crippen LogP contribution >= 0.6 is 0 Å². The molecule has 4 nitrogen and oxygen atoms in total. The number of rotatable bonds is 0. The molecule has 0 bridgehead atoms. The van der Waals surface area contributed by atoms with Gasteiger partial charge in [-0.05, 0) is 12.5 Å². The number of allylic oxidation sites excluding steroid dienone is 4. The maximum Gasteiger partial charge on any atom is 0.522 e. The first-order valence-corrected chi connectivity index (χ1v) is 5.17. The van der Waals surface area contributed by atoms with Crippen molar-refractivity contribution in [2.75, 3.05) is 0 Å². The highest BCUT2D eigenvalue weighted by Crippen LogP contribution is 2.20. The van der Waals surface area contributed by atoms with Crippen LogP contribution in [-0.4, -0.2) is 23.6 Å². The summed E-state index contributed by atoms with van der Waals surface area (Å²) in [6, 6.07) is 0. The van der Waals surface area contributed by atoms with E-state index in [1.165, 1.54) is 0 Å². The molecule has 0 atom stereocenters. The molecule has 1 aliphatic carbocycles. The zero-order valence-electron chi connectivity index (χ0n) is 7.40. The smallest absolute Gasteiger partial charge is 0.512 e. The molecule has 8 heteroatoms. The molecule has 0 aromatic heterocycles. The van der Waals surface area contributed by atoms with Crippen LogP contribution in [0.4, 0.5) is 13.2 Å². The highest BCUT2D eigenvalue weighted by Gasteiger charge is 2.44. The van der Waals surface area contributed by atoms with Crippen LogP contribution in [0.1, 0.15) is 12.8 Å². The second-order valence-corrected chi connectivity index (χ2v) is 3.96. The molecule has 0 heterocycles. The molecule has 0 fully saturated rings. The summed E-state index contributed by atoms with van der Waals surface area (Å²) in [5.41, 5.74) is -5.53. The van der Waals surface area contributed by atoms with Gasteiger partial charge < -0.3 is 5.11 Å². The SMILES string of the molecule is O=S(=O)(O)C(F)(F)F.OC1=CC=CCC1. The molecule has 0 unspecified atom stereocenters. The van der Waals surface area contributed by atoms with E-state index < -0.39 is 15.6 Å². The maximum atomic E-state index is 10.7. The summed E-state index contributed by atoms with van der Waals surface area (Å²) in [6.45, 7) is 0. The zero-order chi connectivity index (χ0) is 12.1. The molecule has 0 amide bonds. The quantitative estimate of drug-likeness (QED) is 0.507. The van der Waals surface area contributed by atoms with Gasteiger partial charge in [-0.3, -0.25) is 4.55 Å². The predicted octanol–water partition coefficient (Wildman–Crippen LogP) is 2.17. The lowest BCUT2D eigenvalue weighted by molar-refractivity contribution is -0.0510. The highest BCUT2D eigenvalue weighted by atomic mass is 32.2. The third-order valence-corrected chi connectivity index (χ3v) is 1.87. The molecule has 0 radical (unpaired) electrons. The summed E-state index contributed by atoms with van der Waals surface area (Å²) >= 11 is 0. The molecule has 15 heavy (non-hydrogen) atoms. The molecular formula is C7H9F3O4S. The van der Waals surface area contributed by atoms with Gasteiger partial charge in [0.2, 0.25) is 0 Å². The van der Waals surface area contributed by atoms with Crippen molar-refractivity contribution in [2.45, 2.75) is 18.3 Å². The number of hydrogen-bond acceptors (Lipinski definition) is 3. The largest absolute Gasteiger partial charge is 0.522 e. The first-order valence-electron chi connectivity index (χ1n) is 3.73. The Morgan fingerprint density at radius 2 is 1.80 bits per heavy atom. The van der Waals surface area contributed by atoms with Gasteiger partial charge in [-0.1, -0.05) is 12.2 Å². The average molecular weight is 246 g/mol. The van der Waals surface area contributed by atoms with Crippen molar-refractivity contribution in [3.05, 3.63) is 24.0 Å². The minimum Gasteiger partial charge on any atom is -0.512 e. The fourth-order valence-corrected chi connectivity index (χ4v) is 0.590. The van der Waals surface area contributed by atoms with Crippen LogP contribution < -0.4 is 0 Å². The molecule has 0 aliphatic heterocycles. The van der Waals surface area contributed by atoms with E-state index in [0.29, 0.717) is 5.76 Å². The first-order chi connectivity index (χ1) is 6.64. The zero-order valence-corrected chi connectivity index (χ0v) is 8.22. The lowest BCUT2D eigenvalue weighted by Crippen LogP contribution is -2.21. The molecule has 0 aromatic carbocycles. The number of aliphatic hydroxyl groups is 1. The number of hydrogen-bond donors (Lipinski definition) is 2. The van der Waals surface area contributed by atoms with E-state index in [1.54, 1.807) is 6.08 Å². The summed E-state index contributed by atoms with van der Waals surface area (Å²) < 4.78 is 57.5. The Bertz CT molecular complexity index is 353.